The second kappa shape index (κ2) is 9.67. The molecule has 178 valence electrons. The van der Waals surface area contributed by atoms with E-state index in [1.807, 2.05) is 24.3 Å². The molecule has 0 bridgehead atoms. The van der Waals surface area contributed by atoms with E-state index in [0.717, 1.165) is 61.1 Å². The van der Waals surface area contributed by atoms with E-state index in [-0.39, 0.29) is 6.10 Å². The topological polar surface area (TPSA) is 56.1 Å². The zero-order valence-corrected chi connectivity index (χ0v) is 20.3. The quantitative estimate of drug-likeness (QED) is 0.505. The third kappa shape index (κ3) is 4.46. The van der Waals surface area contributed by atoms with Gasteiger partial charge in [0, 0.05) is 35.7 Å². The Morgan fingerprint density at radius 2 is 1.76 bits per heavy atom. The smallest absolute Gasteiger partial charge is 0.213 e. The van der Waals surface area contributed by atoms with E-state index in [1.54, 1.807) is 6.20 Å². The van der Waals surface area contributed by atoms with Gasteiger partial charge in [-0.15, -0.1) is 10.2 Å². The van der Waals surface area contributed by atoms with Gasteiger partial charge in [-0.05, 0) is 87.9 Å². The van der Waals surface area contributed by atoms with Crippen LogP contribution in [0.15, 0.2) is 42.6 Å². The van der Waals surface area contributed by atoms with Gasteiger partial charge in [0.15, 0.2) is 0 Å². The second-order valence-corrected chi connectivity index (χ2v) is 10.4. The summed E-state index contributed by atoms with van der Waals surface area (Å²) in [6.45, 7) is 2.36. The van der Waals surface area contributed by atoms with Crippen molar-refractivity contribution in [3.63, 3.8) is 0 Å². The van der Waals surface area contributed by atoms with Crippen molar-refractivity contribution in [2.24, 2.45) is 0 Å². The lowest BCUT2D eigenvalue weighted by Crippen LogP contribution is -2.41. The molecule has 1 atom stereocenters. The molecular formula is C27H32ClN5O. The van der Waals surface area contributed by atoms with Crippen molar-refractivity contribution in [3.8, 4) is 11.6 Å². The minimum absolute atomic E-state index is 0.215. The maximum atomic E-state index is 6.46. The number of likely N-dealkylation sites (tertiary alicyclic amines) is 1. The average molecular weight is 478 g/mol. The normalized spacial score (nSPS) is 25.3. The van der Waals surface area contributed by atoms with Gasteiger partial charge in [0.25, 0.3) is 0 Å². The van der Waals surface area contributed by atoms with Gasteiger partial charge in [0.2, 0.25) is 5.88 Å². The highest BCUT2D eigenvalue weighted by molar-refractivity contribution is 6.30. The van der Waals surface area contributed by atoms with Gasteiger partial charge in [-0.3, -0.25) is 9.47 Å². The molecule has 7 heteroatoms. The Hall–Kier alpha value is -2.44. The molecule has 2 aromatic heterocycles. The number of hydrogen-bond donors (Lipinski definition) is 0. The zero-order chi connectivity index (χ0) is 22.9. The van der Waals surface area contributed by atoms with E-state index >= 15 is 0 Å². The molecule has 6 rings (SSSR count). The molecule has 34 heavy (non-hydrogen) atoms. The summed E-state index contributed by atoms with van der Waals surface area (Å²) in [5.74, 6) is 3.31. The van der Waals surface area contributed by atoms with E-state index in [1.165, 1.54) is 43.6 Å². The Morgan fingerprint density at radius 1 is 0.912 bits per heavy atom. The fourth-order valence-electron chi connectivity index (χ4n) is 6.03. The molecule has 6 nitrogen and oxygen atoms in total. The summed E-state index contributed by atoms with van der Waals surface area (Å²) in [6.07, 6.45) is 12.0. The van der Waals surface area contributed by atoms with Gasteiger partial charge < -0.3 is 4.74 Å². The van der Waals surface area contributed by atoms with Crippen molar-refractivity contribution in [2.75, 3.05) is 13.1 Å². The number of halogens is 1. The molecule has 2 aliphatic heterocycles. The van der Waals surface area contributed by atoms with Crippen molar-refractivity contribution < 1.29 is 4.74 Å². The molecule has 4 heterocycles. The van der Waals surface area contributed by atoms with Crippen LogP contribution in [-0.4, -0.2) is 49.9 Å². The molecule has 2 fully saturated rings. The third-order valence-electron chi connectivity index (χ3n) is 7.78. The van der Waals surface area contributed by atoms with Crippen molar-refractivity contribution >= 4 is 11.6 Å². The van der Waals surface area contributed by atoms with E-state index < -0.39 is 0 Å². The Morgan fingerprint density at radius 3 is 2.56 bits per heavy atom. The van der Waals surface area contributed by atoms with Gasteiger partial charge in [0.1, 0.15) is 17.8 Å². The second-order valence-electron chi connectivity index (χ2n) is 10.0. The Labute approximate surface area is 206 Å². The van der Waals surface area contributed by atoms with Gasteiger partial charge >= 0.3 is 0 Å². The molecule has 3 aliphatic rings. The van der Waals surface area contributed by atoms with Crippen LogP contribution >= 0.6 is 11.6 Å². The summed E-state index contributed by atoms with van der Waals surface area (Å²) in [6, 6.07) is 12.6. The summed E-state index contributed by atoms with van der Waals surface area (Å²) < 4.78 is 8.49. The molecule has 1 saturated carbocycles. The van der Waals surface area contributed by atoms with Crippen LogP contribution in [0, 0.1) is 0 Å². The van der Waals surface area contributed by atoms with Crippen LogP contribution in [0.25, 0.3) is 5.69 Å². The number of rotatable bonds is 4. The molecule has 0 spiro atoms. The van der Waals surface area contributed by atoms with Crippen LogP contribution in [0.4, 0.5) is 0 Å². The molecule has 0 radical (unpaired) electrons. The Kier molecular flexibility index (Phi) is 6.27. The lowest BCUT2D eigenvalue weighted by molar-refractivity contribution is 0.139. The number of aromatic nitrogens is 4. The summed E-state index contributed by atoms with van der Waals surface area (Å²) in [5, 5.41) is 10.3. The standard InChI is InChI=1S/C27H32ClN5O/c28-21-9-12-24-20(16-21)17-22(32-14-4-1-5-15-32)18-25-30-31-27(33(24)25)19-7-10-23(11-8-19)34-26-6-2-3-13-29-26/h2-3,6,9,12-13,16,19,22-23H,1,4-5,7-8,10-11,14-15,17-18H2/t19?,22-,23?/m0/s1. The van der Waals surface area contributed by atoms with Gasteiger partial charge in [0.05, 0.1) is 5.69 Å². The third-order valence-corrected chi connectivity index (χ3v) is 8.02. The van der Waals surface area contributed by atoms with Crippen LogP contribution in [-0.2, 0) is 12.8 Å². The molecule has 0 N–H and O–H groups in total. The zero-order valence-electron chi connectivity index (χ0n) is 19.6. The van der Waals surface area contributed by atoms with Crippen LogP contribution in [0.3, 0.4) is 0 Å². The molecule has 1 aromatic carbocycles. The summed E-state index contributed by atoms with van der Waals surface area (Å²) in [7, 11) is 0. The summed E-state index contributed by atoms with van der Waals surface area (Å²) >= 11 is 6.46. The Bertz CT molecular complexity index is 1120. The van der Waals surface area contributed by atoms with Crippen molar-refractivity contribution in [1.82, 2.24) is 24.6 Å². The van der Waals surface area contributed by atoms with Crippen molar-refractivity contribution in [3.05, 3.63) is 64.8 Å². The van der Waals surface area contributed by atoms with Crippen LogP contribution < -0.4 is 4.74 Å². The molecule has 1 aliphatic carbocycles. The van der Waals surface area contributed by atoms with Gasteiger partial charge in [-0.2, -0.15) is 0 Å². The number of fused-ring (bicyclic) bond motifs is 3. The SMILES string of the molecule is Clc1ccc2c(c1)C[C@H](N1CCCCC1)Cc1nnc(C3CCC(Oc4ccccn4)CC3)n1-2. The number of piperidine rings is 1. The minimum atomic E-state index is 0.215. The number of hydrogen-bond acceptors (Lipinski definition) is 5. The van der Waals surface area contributed by atoms with E-state index in [2.05, 4.69) is 26.6 Å². The number of pyridine rings is 1. The van der Waals surface area contributed by atoms with Crippen molar-refractivity contribution in [2.45, 2.75) is 75.9 Å². The van der Waals surface area contributed by atoms with Gasteiger partial charge in [-0.1, -0.05) is 24.1 Å². The highest BCUT2D eigenvalue weighted by Crippen LogP contribution is 2.37. The molecule has 0 amide bonds. The van der Waals surface area contributed by atoms with E-state index in [0.29, 0.717) is 12.0 Å². The van der Waals surface area contributed by atoms with E-state index in [9.17, 15) is 0 Å². The predicted octanol–water partition coefficient (Wildman–Crippen LogP) is 5.37. The first kappa shape index (κ1) is 22.1. The van der Waals surface area contributed by atoms with Crippen LogP contribution in [0.2, 0.25) is 5.02 Å². The lowest BCUT2D eigenvalue weighted by atomic mass is 9.86. The molecular weight excluding hydrogens is 446 g/mol. The lowest BCUT2D eigenvalue weighted by Gasteiger charge is -2.33. The fraction of sp³-hybridized carbons (Fsp3) is 0.519. The largest absolute Gasteiger partial charge is 0.474 e. The highest BCUT2D eigenvalue weighted by Gasteiger charge is 2.33. The summed E-state index contributed by atoms with van der Waals surface area (Å²) in [5.41, 5.74) is 2.53. The predicted molar refractivity (Wildman–Crippen MR) is 133 cm³/mol. The fourth-order valence-corrected chi connectivity index (χ4v) is 6.22. The van der Waals surface area contributed by atoms with E-state index in [4.69, 9.17) is 26.5 Å². The Balaban J connectivity index is 1.26. The molecule has 3 aromatic rings. The monoisotopic (exact) mass is 477 g/mol. The highest BCUT2D eigenvalue weighted by atomic mass is 35.5. The first-order chi connectivity index (χ1) is 16.7. The van der Waals surface area contributed by atoms with Gasteiger partial charge in [-0.25, -0.2) is 4.98 Å². The van der Waals surface area contributed by atoms with Crippen LogP contribution in [0.1, 0.15) is 68.1 Å². The number of nitrogens with zero attached hydrogens (tertiary/aromatic N) is 5. The van der Waals surface area contributed by atoms with Crippen molar-refractivity contribution in [1.29, 1.82) is 0 Å². The average Bonchev–Trinajstić information content (AvgIpc) is 3.21. The first-order valence-electron chi connectivity index (χ1n) is 12.8. The number of benzene rings is 1. The number of ether oxygens (including phenoxy) is 1. The first-order valence-corrected chi connectivity index (χ1v) is 13.2. The maximum Gasteiger partial charge on any atom is 0.213 e. The molecule has 1 saturated heterocycles. The molecule has 0 unspecified atom stereocenters. The maximum absolute atomic E-state index is 6.46. The summed E-state index contributed by atoms with van der Waals surface area (Å²) in [4.78, 5) is 6.99. The minimum Gasteiger partial charge on any atom is -0.474 e. The van der Waals surface area contributed by atoms with Crippen LogP contribution in [0.5, 0.6) is 5.88 Å².